The summed E-state index contributed by atoms with van der Waals surface area (Å²) in [7, 11) is 3.07. The number of methoxy groups -OCH3 is 2. The monoisotopic (exact) mass is 582 g/mol. The largest absolute Gasteiger partial charge is 0.493 e. The molecule has 1 amide bonds. The van der Waals surface area contributed by atoms with Crippen LogP contribution in [0, 0.1) is 18.6 Å². The fraction of sp³-hybridized carbons (Fsp3) is 0.121. The van der Waals surface area contributed by atoms with Gasteiger partial charge in [-0.05, 0) is 85.6 Å². The van der Waals surface area contributed by atoms with Gasteiger partial charge >= 0.3 is 0 Å². The molecule has 2 heterocycles. The van der Waals surface area contributed by atoms with Crippen molar-refractivity contribution in [1.29, 1.82) is 0 Å². The highest BCUT2D eigenvalue weighted by Gasteiger charge is 2.15. The number of allylic oxidation sites excluding steroid dienone is 1. The molecule has 0 unspecified atom stereocenters. The third-order valence-corrected chi connectivity index (χ3v) is 6.82. The summed E-state index contributed by atoms with van der Waals surface area (Å²) in [5, 5.41) is 3.79. The lowest BCUT2D eigenvalue weighted by Gasteiger charge is -2.19. The summed E-state index contributed by atoms with van der Waals surface area (Å²) >= 11 is 0. The van der Waals surface area contributed by atoms with E-state index in [9.17, 15) is 9.18 Å². The molecule has 0 spiro atoms. The Kier molecular flexibility index (Phi) is 8.47. The number of fused-ring (bicyclic) bond motifs is 1. The molecule has 5 aromatic rings. The Hall–Kier alpha value is -5.51. The number of amides is 1. The molecule has 10 heteroatoms. The molecule has 0 saturated carbocycles. The molecule has 3 aromatic carbocycles. The highest BCUT2D eigenvalue weighted by molar-refractivity contribution is 5.88. The summed E-state index contributed by atoms with van der Waals surface area (Å²) < 4.78 is 45.3. The van der Waals surface area contributed by atoms with E-state index in [1.165, 1.54) is 55.5 Å². The molecule has 0 radical (unpaired) electrons. The molecule has 0 fully saturated rings. The van der Waals surface area contributed by atoms with Crippen molar-refractivity contribution in [1.82, 2.24) is 9.97 Å². The number of carbonyl (C=O) groups is 1. The number of pyridine rings is 2. The van der Waals surface area contributed by atoms with Gasteiger partial charge in [-0.15, -0.1) is 0 Å². The number of anilines is 3. The van der Waals surface area contributed by atoms with Crippen molar-refractivity contribution in [3.63, 3.8) is 0 Å². The van der Waals surface area contributed by atoms with Gasteiger partial charge < -0.3 is 19.5 Å². The second-order valence-corrected chi connectivity index (χ2v) is 9.52. The molecule has 0 saturated heterocycles. The summed E-state index contributed by atoms with van der Waals surface area (Å²) in [6, 6.07) is 17.1. The zero-order chi connectivity index (χ0) is 30.5. The van der Waals surface area contributed by atoms with E-state index >= 15 is 4.39 Å². The van der Waals surface area contributed by atoms with Crippen LogP contribution in [0.4, 0.5) is 26.0 Å². The van der Waals surface area contributed by atoms with E-state index in [-0.39, 0.29) is 11.6 Å². The third-order valence-electron chi connectivity index (χ3n) is 6.82. The van der Waals surface area contributed by atoms with E-state index < -0.39 is 5.82 Å². The number of hydrogen-bond acceptors (Lipinski definition) is 7. The number of rotatable bonds is 10. The van der Waals surface area contributed by atoms with Crippen molar-refractivity contribution in [3.8, 4) is 23.0 Å². The first kappa shape index (κ1) is 29.0. The first-order valence-electron chi connectivity index (χ1n) is 13.2. The molecule has 0 aliphatic carbocycles. The number of ether oxygens (including phenoxy) is 3. The maximum atomic E-state index is 15.3. The summed E-state index contributed by atoms with van der Waals surface area (Å²) in [6.07, 6.45) is 5.68. The molecular weight excluding hydrogens is 554 g/mol. The van der Waals surface area contributed by atoms with E-state index in [1.807, 2.05) is 13.0 Å². The summed E-state index contributed by atoms with van der Waals surface area (Å²) in [5.74, 6) is 0.991. The zero-order valence-electron chi connectivity index (χ0n) is 23.9. The van der Waals surface area contributed by atoms with Crippen LogP contribution in [0.5, 0.6) is 23.0 Å². The Balaban J connectivity index is 1.37. The lowest BCUT2D eigenvalue weighted by molar-refractivity contribution is -0.107. The van der Waals surface area contributed by atoms with Crippen molar-refractivity contribution in [2.45, 2.75) is 13.8 Å². The minimum atomic E-state index is -0.582. The van der Waals surface area contributed by atoms with Crippen molar-refractivity contribution in [2.24, 2.45) is 0 Å². The van der Waals surface area contributed by atoms with Crippen LogP contribution in [0.25, 0.3) is 17.0 Å². The lowest BCUT2D eigenvalue weighted by atomic mass is 10.1. The number of hydrogen-bond donors (Lipinski definition) is 1. The molecule has 2 aromatic heterocycles. The van der Waals surface area contributed by atoms with Gasteiger partial charge in [-0.1, -0.05) is 0 Å². The molecule has 218 valence electrons. The van der Waals surface area contributed by atoms with Crippen LogP contribution in [0.3, 0.4) is 0 Å². The van der Waals surface area contributed by atoms with Gasteiger partial charge in [0.05, 0.1) is 19.7 Å². The van der Waals surface area contributed by atoms with E-state index in [2.05, 4.69) is 15.3 Å². The SMILES string of the molecule is COc1cc2nccc(Oc3ccc(Nc4nccc(/C=C(/C)N(C=O)c5ccc(F)cc5)c4C)cc3F)c2cc1OC. The predicted octanol–water partition coefficient (Wildman–Crippen LogP) is 7.79. The summed E-state index contributed by atoms with van der Waals surface area (Å²) in [6.45, 7) is 3.64. The second-order valence-electron chi connectivity index (χ2n) is 9.52. The van der Waals surface area contributed by atoms with E-state index in [4.69, 9.17) is 14.2 Å². The molecule has 1 N–H and O–H groups in total. The van der Waals surface area contributed by atoms with Gasteiger partial charge in [0.2, 0.25) is 6.41 Å². The topological polar surface area (TPSA) is 85.8 Å². The van der Waals surface area contributed by atoms with E-state index in [0.29, 0.717) is 57.5 Å². The van der Waals surface area contributed by atoms with Gasteiger partial charge in [-0.25, -0.2) is 13.8 Å². The number of aromatic nitrogens is 2. The van der Waals surface area contributed by atoms with E-state index in [0.717, 1.165) is 11.1 Å². The standard InChI is InChI=1S/C33H28F2N4O4/c1-20(39(19-40)25-8-5-23(34)6-9-25)15-22-11-13-37-33(21(22)2)38-24-7-10-30(27(35)16-24)43-29-12-14-36-28-18-32(42-4)31(41-3)17-26(28)29/h5-19H,1-4H3,(H,37,38)/b20-15-. The van der Waals surface area contributed by atoms with Crippen LogP contribution in [-0.2, 0) is 4.79 Å². The molecule has 0 aliphatic rings. The number of carbonyl (C=O) groups excluding carboxylic acids is 1. The number of nitrogens with zero attached hydrogens (tertiary/aromatic N) is 3. The average molecular weight is 583 g/mol. The highest BCUT2D eigenvalue weighted by atomic mass is 19.1. The summed E-state index contributed by atoms with van der Waals surface area (Å²) in [5.41, 5.74) is 3.79. The maximum absolute atomic E-state index is 15.3. The molecule has 8 nitrogen and oxygen atoms in total. The van der Waals surface area contributed by atoms with Gasteiger partial charge in [0.15, 0.2) is 23.1 Å². The zero-order valence-corrected chi connectivity index (χ0v) is 23.9. The second kappa shape index (κ2) is 12.6. The quantitative estimate of drug-likeness (QED) is 0.168. The minimum Gasteiger partial charge on any atom is -0.493 e. The average Bonchev–Trinajstić information content (AvgIpc) is 3.01. The molecule has 43 heavy (non-hydrogen) atoms. The fourth-order valence-electron chi connectivity index (χ4n) is 4.53. The molecule has 0 aliphatic heterocycles. The van der Waals surface area contributed by atoms with Gasteiger partial charge in [0.25, 0.3) is 0 Å². The van der Waals surface area contributed by atoms with E-state index in [1.54, 1.807) is 49.6 Å². The Labute approximate surface area is 247 Å². The highest BCUT2D eigenvalue weighted by Crippen LogP contribution is 2.38. The minimum absolute atomic E-state index is 0.0274. The molecular formula is C33H28F2N4O4. The normalized spacial score (nSPS) is 11.3. The molecule has 0 atom stereocenters. The molecule has 0 bridgehead atoms. The Morgan fingerprint density at radius 3 is 2.28 bits per heavy atom. The predicted molar refractivity (Wildman–Crippen MR) is 162 cm³/mol. The van der Waals surface area contributed by atoms with Gasteiger partial charge in [0.1, 0.15) is 17.4 Å². The Morgan fingerprint density at radius 1 is 0.860 bits per heavy atom. The Morgan fingerprint density at radius 2 is 1.58 bits per heavy atom. The number of nitrogens with one attached hydrogen (secondary N) is 1. The van der Waals surface area contributed by atoms with Crippen LogP contribution >= 0.6 is 0 Å². The van der Waals surface area contributed by atoms with Gasteiger partial charge in [0, 0.05) is 47.0 Å². The van der Waals surface area contributed by atoms with Crippen LogP contribution in [0.1, 0.15) is 18.1 Å². The van der Waals surface area contributed by atoms with Crippen LogP contribution in [0.2, 0.25) is 0 Å². The molecule has 5 rings (SSSR count). The first-order valence-corrected chi connectivity index (χ1v) is 13.2. The van der Waals surface area contributed by atoms with Crippen LogP contribution in [0.15, 0.2) is 84.8 Å². The van der Waals surface area contributed by atoms with Gasteiger partial charge in [-0.2, -0.15) is 0 Å². The van der Waals surface area contributed by atoms with Crippen molar-refractivity contribution >= 4 is 40.6 Å². The smallest absolute Gasteiger partial charge is 0.218 e. The van der Waals surface area contributed by atoms with Crippen molar-refractivity contribution in [3.05, 3.63) is 108 Å². The summed E-state index contributed by atoms with van der Waals surface area (Å²) in [4.78, 5) is 22.0. The Bertz CT molecular complexity index is 1830. The number of benzene rings is 3. The van der Waals surface area contributed by atoms with Crippen molar-refractivity contribution in [2.75, 3.05) is 24.4 Å². The number of halogens is 2. The lowest BCUT2D eigenvalue weighted by Crippen LogP contribution is -2.18. The third kappa shape index (κ3) is 6.23. The fourth-order valence-corrected chi connectivity index (χ4v) is 4.53. The first-order chi connectivity index (χ1) is 20.8. The maximum Gasteiger partial charge on any atom is 0.218 e. The van der Waals surface area contributed by atoms with Crippen LogP contribution < -0.4 is 24.4 Å². The van der Waals surface area contributed by atoms with Gasteiger partial charge in [-0.3, -0.25) is 14.7 Å². The van der Waals surface area contributed by atoms with Crippen LogP contribution in [-0.4, -0.2) is 30.6 Å². The van der Waals surface area contributed by atoms with Crippen molar-refractivity contribution < 1.29 is 27.8 Å².